The van der Waals surface area contributed by atoms with E-state index < -0.39 is 11.7 Å². The quantitative estimate of drug-likeness (QED) is 0.600. The highest BCUT2D eigenvalue weighted by molar-refractivity contribution is 8.02. The molecule has 0 fully saturated rings. The van der Waals surface area contributed by atoms with Crippen LogP contribution in [0, 0.1) is 0 Å². The number of carbonyl (C=O) groups excluding carboxylic acids is 1. The Balaban J connectivity index is 2.20. The number of hydrogen-bond acceptors (Lipinski definition) is 3. The molecule has 0 heterocycles. The zero-order valence-corrected chi connectivity index (χ0v) is 13.0. The molecule has 0 aromatic heterocycles. The van der Waals surface area contributed by atoms with Crippen molar-refractivity contribution in [1.29, 1.82) is 0 Å². The smallest absolute Gasteiger partial charge is 0.350 e. The molecule has 0 spiro atoms. The van der Waals surface area contributed by atoms with Crippen LogP contribution in [0.2, 0.25) is 0 Å². The fourth-order valence-corrected chi connectivity index (χ4v) is 2.31. The summed E-state index contributed by atoms with van der Waals surface area (Å²) in [5.74, 6) is -0.213. The number of carbonyl (C=O) groups is 1. The number of alkyl halides is 3. The Morgan fingerprint density at radius 2 is 1.78 bits per heavy atom. The summed E-state index contributed by atoms with van der Waals surface area (Å²) >= 11 is 1.25. The van der Waals surface area contributed by atoms with Gasteiger partial charge in [0.2, 0.25) is 0 Å². The Morgan fingerprint density at radius 3 is 2.39 bits per heavy atom. The Hall–Kier alpha value is -2.21. The SMILES string of the molecule is CS/C(=C\C(=O)c1ccccc1)Nc1cccc(C(F)(F)F)c1. The maximum Gasteiger partial charge on any atom is 0.416 e. The summed E-state index contributed by atoms with van der Waals surface area (Å²) in [5.41, 5.74) is 0.0588. The first kappa shape index (κ1) is 17.1. The van der Waals surface area contributed by atoms with Gasteiger partial charge in [0.15, 0.2) is 5.78 Å². The van der Waals surface area contributed by atoms with E-state index in [4.69, 9.17) is 0 Å². The van der Waals surface area contributed by atoms with Crippen LogP contribution in [0.25, 0.3) is 0 Å². The van der Waals surface area contributed by atoms with Crippen LogP contribution in [-0.4, -0.2) is 12.0 Å². The van der Waals surface area contributed by atoms with E-state index in [9.17, 15) is 18.0 Å². The lowest BCUT2D eigenvalue weighted by atomic mass is 10.1. The number of allylic oxidation sites excluding steroid dienone is 1. The van der Waals surface area contributed by atoms with E-state index in [2.05, 4.69) is 5.32 Å². The maximum atomic E-state index is 12.7. The summed E-state index contributed by atoms with van der Waals surface area (Å²) in [5, 5.41) is 3.32. The van der Waals surface area contributed by atoms with Crippen LogP contribution >= 0.6 is 11.8 Å². The normalized spacial score (nSPS) is 12.1. The molecule has 6 heteroatoms. The molecule has 0 saturated carbocycles. The van der Waals surface area contributed by atoms with Crippen LogP contribution in [0.3, 0.4) is 0 Å². The van der Waals surface area contributed by atoms with Gasteiger partial charge in [0.05, 0.1) is 10.6 Å². The number of anilines is 1. The maximum absolute atomic E-state index is 12.7. The standard InChI is InChI=1S/C17H14F3NOS/c1-23-16(11-15(22)12-6-3-2-4-7-12)21-14-9-5-8-13(10-14)17(18,19)20/h2-11,21H,1H3/b16-11-. The van der Waals surface area contributed by atoms with Crippen molar-refractivity contribution in [2.45, 2.75) is 6.18 Å². The van der Waals surface area contributed by atoms with E-state index in [1.165, 1.54) is 30.0 Å². The molecule has 23 heavy (non-hydrogen) atoms. The highest BCUT2D eigenvalue weighted by atomic mass is 32.2. The first-order valence-corrected chi connectivity index (χ1v) is 7.92. The molecule has 0 radical (unpaired) electrons. The van der Waals surface area contributed by atoms with E-state index >= 15 is 0 Å². The lowest BCUT2D eigenvalue weighted by Gasteiger charge is -2.11. The van der Waals surface area contributed by atoms with Gasteiger partial charge in [0.25, 0.3) is 0 Å². The van der Waals surface area contributed by atoms with Gasteiger partial charge < -0.3 is 5.32 Å². The Labute approximate surface area is 136 Å². The molecule has 0 bridgehead atoms. The molecule has 0 amide bonds. The topological polar surface area (TPSA) is 29.1 Å². The predicted octanol–water partition coefficient (Wildman–Crippen LogP) is 5.20. The average molecular weight is 337 g/mol. The molecule has 0 saturated heterocycles. The van der Waals surface area contributed by atoms with Gasteiger partial charge in [0, 0.05) is 17.3 Å². The average Bonchev–Trinajstić information content (AvgIpc) is 2.54. The summed E-state index contributed by atoms with van der Waals surface area (Å²) in [4.78, 5) is 12.1. The molecular formula is C17H14F3NOS. The van der Waals surface area contributed by atoms with Crippen LogP contribution in [0.5, 0.6) is 0 Å². The highest BCUT2D eigenvalue weighted by Gasteiger charge is 2.30. The lowest BCUT2D eigenvalue weighted by molar-refractivity contribution is -0.137. The van der Waals surface area contributed by atoms with Gasteiger partial charge in [-0.1, -0.05) is 36.4 Å². The predicted molar refractivity (Wildman–Crippen MR) is 87.4 cm³/mol. The van der Waals surface area contributed by atoms with Gasteiger partial charge in [-0.3, -0.25) is 4.79 Å². The van der Waals surface area contributed by atoms with Crippen molar-refractivity contribution < 1.29 is 18.0 Å². The molecule has 1 N–H and O–H groups in total. The van der Waals surface area contributed by atoms with Crippen molar-refractivity contribution in [3.05, 3.63) is 76.8 Å². The monoisotopic (exact) mass is 337 g/mol. The summed E-state index contributed by atoms with van der Waals surface area (Å²) in [6.07, 6.45) is -1.29. The molecule has 0 aliphatic heterocycles. The minimum absolute atomic E-state index is 0.213. The second-order valence-corrected chi connectivity index (χ2v) is 5.49. The third-order valence-corrected chi connectivity index (χ3v) is 3.66. The van der Waals surface area contributed by atoms with E-state index in [0.717, 1.165) is 12.1 Å². The lowest BCUT2D eigenvalue weighted by Crippen LogP contribution is -2.06. The van der Waals surface area contributed by atoms with Crippen molar-refractivity contribution in [3.63, 3.8) is 0 Å². The zero-order valence-electron chi connectivity index (χ0n) is 12.2. The van der Waals surface area contributed by atoms with Crippen LogP contribution in [-0.2, 0) is 6.18 Å². The first-order valence-electron chi connectivity index (χ1n) is 6.69. The van der Waals surface area contributed by atoms with Gasteiger partial charge in [0.1, 0.15) is 0 Å². The summed E-state index contributed by atoms with van der Waals surface area (Å²) in [6.45, 7) is 0. The molecule has 0 atom stereocenters. The molecular weight excluding hydrogens is 323 g/mol. The number of thioether (sulfide) groups is 1. The molecule has 2 rings (SSSR count). The Morgan fingerprint density at radius 1 is 1.09 bits per heavy atom. The highest BCUT2D eigenvalue weighted by Crippen LogP contribution is 2.31. The Bertz CT molecular complexity index is 711. The number of ketones is 1. The number of benzene rings is 2. The number of halogens is 3. The second kappa shape index (κ2) is 7.37. The molecule has 0 aliphatic carbocycles. The minimum Gasteiger partial charge on any atom is -0.350 e. The van der Waals surface area contributed by atoms with Crippen LogP contribution < -0.4 is 5.32 Å². The van der Waals surface area contributed by atoms with Crippen molar-refractivity contribution in [2.75, 3.05) is 11.6 Å². The van der Waals surface area contributed by atoms with Gasteiger partial charge in [-0.05, 0) is 24.5 Å². The molecule has 2 aromatic rings. The fraction of sp³-hybridized carbons (Fsp3) is 0.118. The minimum atomic E-state index is -4.40. The molecule has 0 unspecified atom stereocenters. The molecule has 0 aliphatic rings. The van der Waals surface area contributed by atoms with E-state index in [1.54, 1.807) is 36.6 Å². The molecule has 2 aromatic carbocycles. The number of rotatable bonds is 5. The summed E-state index contributed by atoms with van der Waals surface area (Å²) < 4.78 is 38.2. The van der Waals surface area contributed by atoms with E-state index in [1.807, 2.05) is 0 Å². The number of nitrogens with one attached hydrogen (secondary N) is 1. The van der Waals surface area contributed by atoms with Crippen LogP contribution in [0.4, 0.5) is 18.9 Å². The Kier molecular flexibility index (Phi) is 5.50. The van der Waals surface area contributed by atoms with Gasteiger partial charge in [-0.2, -0.15) is 13.2 Å². The zero-order chi connectivity index (χ0) is 16.9. The van der Waals surface area contributed by atoms with Crippen LogP contribution in [0.15, 0.2) is 65.7 Å². The summed E-state index contributed by atoms with van der Waals surface area (Å²) in [6, 6.07) is 13.5. The van der Waals surface area contributed by atoms with Crippen LogP contribution in [0.1, 0.15) is 15.9 Å². The third-order valence-electron chi connectivity index (χ3n) is 3.00. The van der Waals surface area contributed by atoms with Crippen molar-refractivity contribution >= 4 is 23.2 Å². The van der Waals surface area contributed by atoms with E-state index in [0.29, 0.717) is 10.6 Å². The van der Waals surface area contributed by atoms with Crippen molar-refractivity contribution in [2.24, 2.45) is 0 Å². The van der Waals surface area contributed by atoms with Crippen molar-refractivity contribution in [1.82, 2.24) is 0 Å². The second-order valence-electron chi connectivity index (χ2n) is 4.65. The molecule has 120 valence electrons. The van der Waals surface area contributed by atoms with Gasteiger partial charge in [-0.25, -0.2) is 0 Å². The van der Waals surface area contributed by atoms with Gasteiger partial charge in [-0.15, -0.1) is 11.8 Å². The van der Waals surface area contributed by atoms with Crippen molar-refractivity contribution in [3.8, 4) is 0 Å². The van der Waals surface area contributed by atoms with E-state index in [-0.39, 0.29) is 11.5 Å². The van der Waals surface area contributed by atoms with Gasteiger partial charge >= 0.3 is 6.18 Å². The third kappa shape index (κ3) is 4.89. The first-order chi connectivity index (χ1) is 10.9. The summed E-state index contributed by atoms with van der Waals surface area (Å²) in [7, 11) is 0. The largest absolute Gasteiger partial charge is 0.416 e. The fourth-order valence-electron chi connectivity index (χ4n) is 1.87. The molecule has 2 nitrogen and oxygen atoms in total. The number of hydrogen-bond donors (Lipinski definition) is 1.